The highest BCUT2D eigenvalue weighted by molar-refractivity contribution is 4.76. The van der Waals surface area contributed by atoms with E-state index < -0.39 is 0 Å². The smallest absolute Gasteiger partial charge is 0.0660 e. The first kappa shape index (κ1) is 6.50. The van der Waals surface area contributed by atoms with Crippen molar-refractivity contribution in [2.45, 2.75) is 0 Å². The predicted octanol–water partition coefficient (Wildman–Crippen LogP) is 0.366. The maximum Gasteiger partial charge on any atom is 0.0660 e. The monoisotopic (exact) mass is 101 g/mol. The van der Waals surface area contributed by atoms with Gasteiger partial charge < -0.3 is 10.1 Å². The maximum atomic E-state index is 4.72. The molecule has 0 aromatic carbocycles. The van der Waals surface area contributed by atoms with E-state index in [4.69, 9.17) is 4.74 Å². The fraction of sp³-hybridized carbons (Fsp3) is 0.600. The number of hydrogen-bond donors (Lipinski definition) is 1. The van der Waals surface area contributed by atoms with Gasteiger partial charge in [-0.3, -0.25) is 0 Å². The molecule has 2 heteroatoms. The summed E-state index contributed by atoms with van der Waals surface area (Å²) >= 11 is 0. The third-order valence-electron chi connectivity index (χ3n) is 0.547. The third-order valence-corrected chi connectivity index (χ3v) is 0.547. The summed E-state index contributed by atoms with van der Waals surface area (Å²) in [5, 5.41) is 2.84. The Morgan fingerprint density at radius 1 is 1.71 bits per heavy atom. The summed E-state index contributed by atoms with van der Waals surface area (Å²) in [6.45, 7) is 0.681. The van der Waals surface area contributed by atoms with Gasteiger partial charge in [0.15, 0.2) is 0 Å². The van der Waals surface area contributed by atoms with Crippen LogP contribution in [-0.4, -0.2) is 20.8 Å². The van der Waals surface area contributed by atoms with Gasteiger partial charge in [-0.05, 0) is 12.3 Å². The Morgan fingerprint density at radius 2 is 2.43 bits per heavy atom. The molecule has 2 nitrogen and oxygen atoms in total. The van der Waals surface area contributed by atoms with Crippen LogP contribution in [-0.2, 0) is 4.74 Å². The molecule has 0 saturated carbocycles. The first-order valence-corrected chi connectivity index (χ1v) is 2.23. The zero-order valence-electron chi connectivity index (χ0n) is 4.77. The SMILES string of the molecule is CN/C=C/COC. The molecule has 0 aromatic heterocycles. The van der Waals surface area contributed by atoms with Crippen LogP contribution in [0.5, 0.6) is 0 Å². The Morgan fingerprint density at radius 3 is 2.86 bits per heavy atom. The molecule has 0 bridgehead atoms. The summed E-state index contributed by atoms with van der Waals surface area (Å²) in [4.78, 5) is 0. The van der Waals surface area contributed by atoms with Gasteiger partial charge in [-0.2, -0.15) is 0 Å². The normalized spacial score (nSPS) is 10.0. The molecule has 0 aliphatic heterocycles. The zero-order chi connectivity index (χ0) is 5.54. The molecule has 42 valence electrons. The van der Waals surface area contributed by atoms with Gasteiger partial charge in [-0.15, -0.1) is 0 Å². The van der Waals surface area contributed by atoms with Gasteiger partial charge in [-0.25, -0.2) is 0 Å². The molecule has 0 unspecified atom stereocenters. The van der Waals surface area contributed by atoms with Crippen molar-refractivity contribution in [1.29, 1.82) is 0 Å². The van der Waals surface area contributed by atoms with Crippen molar-refractivity contribution in [3.63, 3.8) is 0 Å². The second-order valence-corrected chi connectivity index (χ2v) is 1.15. The molecule has 7 heavy (non-hydrogen) atoms. The van der Waals surface area contributed by atoms with Crippen molar-refractivity contribution in [1.82, 2.24) is 5.32 Å². The molecular formula is C5H11NO. The van der Waals surface area contributed by atoms with Gasteiger partial charge in [0.25, 0.3) is 0 Å². The fourth-order valence-electron chi connectivity index (χ4n) is 0.262. The average Bonchev–Trinajstić information content (AvgIpc) is 1.69. The van der Waals surface area contributed by atoms with E-state index in [1.54, 1.807) is 7.11 Å². The van der Waals surface area contributed by atoms with Crippen LogP contribution in [0.4, 0.5) is 0 Å². The van der Waals surface area contributed by atoms with Crippen LogP contribution in [0.15, 0.2) is 12.3 Å². The lowest BCUT2D eigenvalue weighted by Crippen LogP contribution is -1.92. The molecule has 0 spiro atoms. The number of ether oxygens (including phenoxy) is 1. The van der Waals surface area contributed by atoms with Crippen LogP contribution >= 0.6 is 0 Å². The second kappa shape index (κ2) is 5.50. The maximum absolute atomic E-state index is 4.72. The van der Waals surface area contributed by atoms with E-state index >= 15 is 0 Å². The Balaban J connectivity index is 2.78. The summed E-state index contributed by atoms with van der Waals surface area (Å²) in [5.74, 6) is 0. The van der Waals surface area contributed by atoms with Crippen molar-refractivity contribution in [3.8, 4) is 0 Å². The Kier molecular flexibility index (Phi) is 5.11. The molecule has 0 aliphatic rings. The minimum Gasteiger partial charge on any atom is -0.394 e. The predicted molar refractivity (Wildman–Crippen MR) is 30.1 cm³/mol. The van der Waals surface area contributed by atoms with Crippen molar-refractivity contribution in [2.24, 2.45) is 0 Å². The van der Waals surface area contributed by atoms with E-state index in [0.29, 0.717) is 6.61 Å². The van der Waals surface area contributed by atoms with Crippen LogP contribution in [0.2, 0.25) is 0 Å². The highest BCUT2D eigenvalue weighted by Gasteiger charge is 1.65. The zero-order valence-corrected chi connectivity index (χ0v) is 4.77. The van der Waals surface area contributed by atoms with E-state index in [1.165, 1.54) is 0 Å². The van der Waals surface area contributed by atoms with Gasteiger partial charge in [0.05, 0.1) is 6.61 Å². The standard InChI is InChI=1S/C5H11NO/c1-6-4-3-5-7-2/h3-4,6H,5H2,1-2H3/b4-3+. The number of methoxy groups -OCH3 is 1. The van der Waals surface area contributed by atoms with E-state index in [2.05, 4.69) is 5.32 Å². The molecule has 0 amide bonds. The van der Waals surface area contributed by atoms with Crippen molar-refractivity contribution >= 4 is 0 Å². The Bertz CT molecular complexity index is 52.0. The van der Waals surface area contributed by atoms with Gasteiger partial charge in [0, 0.05) is 14.2 Å². The minimum absolute atomic E-state index is 0.681. The molecular weight excluding hydrogens is 90.1 g/mol. The lowest BCUT2D eigenvalue weighted by atomic mass is 10.6. The number of nitrogens with one attached hydrogen (secondary N) is 1. The summed E-state index contributed by atoms with van der Waals surface area (Å²) in [5.41, 5.74) is 0. The molecule has 0 fully saturated rings. The van der Waals surface area contributed by atoms with Crippen molar-refractivity contribution < 1.29 is 4.74 Å². The van der Waals surface area contributed by atoms with Gasteiger partial charge in [-0.1, -0.05) is 0 Å². The van der Waals surface area contributed by atoms with Crippen molar-refractivity contribution in [2.75, 3.05) is 20.8 Å². The summed E-state index contributed by atoms with van der Waals surface area (Å²) in [7, 11) is 3.52. The average molecular weight is 101 g/mol. The Labute approximate surface area is 44.2 Å². The van der Waals surface area contributed by atoms with Crippen LogP contribution in [0.25, 0.3) is 0 Å². The van der Waals surface area contributed by atoms with E-state index in [9.17, 15) is 0 Å². The molecule has 0 saturated heterocycles. The van der Waals surface area contributed by atoms with E-state index in [-0.39, 0.29) is 0 Å². The molecule has 0 heterocycles. The van der Waals surface area contributed by atoms with Gasteiger partial charge >= 0.3 is 0 Å². The van der Waals surface area contributed by atoms with Crippen LogP contribution < -0.4 is 5.32 Å². The van der Waals surface area contributed by atoms with Crippen molar-refractivity contribution in [3.05, 3.63) is 12.3 Å². The summed E-state index contributed by atoms with van der Waals surface area (Å²) in [6.07, 6.45) is 3.74. The molecule has 0 aromatic rings. The molecule has 0 radical (unpaired) electrons. The lowest BCUT2D eigenvalue weighted by Gasteiger charge is -1.85. The number of hydrogen-bond acceptors (Lipinski definition) is 2. The van der Waals surface area contributed by atoms with Crippen LogP contribution in [0, 0.1) is 0 Å². The summed E-state index contributed by atoms with van der Waals surface area (Å²) < 4.78 is 4.72. The quantitative estimate of drug-likeness (QED) is 0.554. The number of rotatable bonds is 3. The van der Waals surface area contributed by atoms with Gasteiger partial charge in [0.1, 0.15) is 0 Å². The first-order chi connectivity index (χ1) is 3.41. The molecule has 1 N–H and O–H groups in total. The lowest BCUT2D eigenvalue weighted by molar-refractivity contribution is 0.233. The van der Waals surface area contributed by atoms with Crippen LogP contribution in [0.1, 0.15) is 0 Å². The third kappa shape index (κ3) is 5.50. The van der Waals surface area contributed by atoms with E-state index in [1.807, 2.05) is 19.3 Å². The largest absolute Gasteiger partial charge is 0.394 e. The summed E-state index contributed by atoms with van der Waals surface area (Å²) in [6, 6.07) is 0. The highest BCUT2D eigenvalue weighted by atomic mass is 16.5. The fourth-order valence-corrected chi connectivity index (χ4v) is 0.262. The minimum atomic E-state index is 0.681. The first-order valence-electron chi connectivity index (χ1n) is 2.23. The molecule has 0 rings (SSSR count). The van der Waals surface area contributed by atoms with Gasteiger partial charge in [0.2, 0.25) is 0 Å². The van der Waals surface area contributed by atoms with E-state index in [0.717, 1.165) is 0 Å². The highest BCUT2D eigenvalue weighted by Crippen LogP contribution is 1.66. The Hall–Kier alpha value is -0.500. The topological polar surface area (TPSA) is 21.3 Å². The molecule has 0 aliphatic carbocycles. The molecule has 0 atom stereocenters. The van der Waals surface area contributed by atoms with Crippen LogP contribution in [0.3, 0.4) is 0 Å². The second-order valence-electron chi connectivity index (χ2n) is 1.15.